The number of nitrogen functional groups attached to an aromatic ring is 2. The highest BCUT2D eigenvalue weighted by Gasteiger charge is 2.13. The monoisotopic (exact) mass is 361 g/mol. The molecule has 0 unspecified atom stereocenters. The summed E-state index contributed by atoms with van der Waals surface area (Å²) in [5, 5.41) is 8.38. The van der Waals surface area contributed by atoms with Crippen LogP contribution in [0.4, 0.5) is 11.9 Å². The van der Waals surface area contributed by atoms with Gasteiger partial charge in [-0.15, -0.1) is 10.2 Å². The van der Waals surface area contributed by atoms with E-state index >= 15 is 0 Å². The van der Waals surface area contributed by atoms with E-state index in [2.05, 4.69) is 25.1 Å². The maximum atomic E-state index is 5.65. The van der Waals surface area contributed by atoms with Crippen LogP contribution in [0.1, 0.15) is 5.82 Å². The van der Waals surface area contributed by atoms with Crippen LogP contribution in [0, 0.1) is 0 Å². The summed E-state index contributed by atoms with van der Waals surface area (Å²) in [4.78, 5) is 11.7. The molecule has 3 aromatic rings. The summed E-state index contributed by atoms with van der Waals surface area (Å²) in [6, 6.07) is 5.31. The zero-order chi connectivity index (χ0) is 17.8. The molecular weight excluding hydrogens is 346 g/mol. The second kappa shape index (κ2) is 7.21. The summed E-state index contributed by atoms with van der Waals surface area (Å²) in [6.45, 7) is 0. The van der Waals surface area contributed by atoms with Crippen LogP contribution in [0.15, 0.2) is 27.8 Å². The number of anilines is 2. The summed E-state index contributed by atoms with van der Waals surface area (Å²) < 4.78 is 16.1. The lowest BCUT2D eigenvalue weighted by molar-refractivity contribution is 0.394. The number of nitrogens with zero attached hydrogens (tertiary/aromatic N) is 5. The van der Waals surface area contributed by atoms with Crippen LogP contribution in [0.3, 0.4) is 0 Å². The third kappa shape index (κ3) is 4.07. The second-order valence-corrected chi connectivity index (χ2v) is 5.66. The Morgan fingerprint density at radius 1 is 0.960 bits per heavy atom. The molecule has 0 aliphatic rings. The molecule has 0 bridgehead atoms. The van der Waals surface area contributed by atoms with Crippen LogP contribution in [0.5, 0.6) is 11.5 Å². The van der Waals surface area contributed by atoms with Crippen LogP contribution >= 0.6 is 11.8 Å². The summed E-state index contributed by atoms with van der Waals surface area (Å²) in [5.74, 6) is 2.51. The van der Waals surface area contributed by atoms with E-state index in [1.165, 1.54) is 11.8 Å². The lowest BCUT2D eigenvalue weighted by Crippen LogP contribution is -2.05. The van der Waals surface area contributed by atoms with Crippen molar-refractivity contribution in [3.8, 4) is 23.0 Å². The standard InChI is InChI=1S/C14H15N7O3S/c1-22-8-3-7(4-9(5-8)23-2)11-20-21-14(24-11)25-6-10-17-12(15)19-13(16)18-10/h3-5H,6H2,1-2H3,(H4,15,16,17,18,19). The maximum absolute atomic E-state index is 5.65. The summed E-state index contributed by atoms with van der Waals surface area (Å²) >= 11 is 1.26. The van der Waals surface area contributed by atoms with Crippen molar-refractivity contribution in [3.05, 3.63) is 24.0 Å². The molecule has 0 aliphatic carbocycles. The molecule has 4 N–H and O–H groups in total. The Labute approximate surface area is 147 Å². The van der Waals surface area contributed by atoms with Gasteiger partial charge in [0.05, 0.1) is 20.0 Å². The van der Waals surface area contributed by atoms with Gasteiger partial charge in [0.1, 0.15) is 17.3 Å². The van der Waals surface area contributed by atoms with Crippen molar-refractivity contribution in [2.24, 2.45) is 0 Å². The molecule has 0 fully saturated rings. The van der Waals surface area contributed by atoms with Gasteiger partial charge in [-0.3, -0.25) is 0 Å². The molecule has 25 heavy (non-hydrogen) atoms. The number of hydrogen-bond acceptors (Lipinski definition) is 11. The van der Waals surface area contributed by atoms with Crippen LogP contribution < -0.4 is 20.9 Å². The maximum Gasteiger partial charge on any atom is 0.277 e. The minimum Gasteiger partial charge on any atom is -0.497 e. The highest BCUT2D eigenvalue weighted by atomic mass is 32.2. The number of ether oxygens (including phenoxy) is 2. The Hall–Kier alpha value is -3.08. The van der Waals surface area contributed by atoms with Gasteiger partial charge in [0.2, 0.25) is 17.8 Å². The number of methoxy groups -OCH3 is 2. The van der Waals surface area contributed by atoms with Crippen LogP contribution in [0.25, 0.3) is 11.5 Å². The number of aromatic nitrogens is 5. The zero-order valence-corrected chi connectivity index (χ0v) is 14.3. The topological polar surface area (TPSA) is 148 Å². The van der Waals surface area contributed by atoms with Crippen LogP contribution in [-0.2, 0) is 5.75 Å². The lowest BCUT2D eigenvalue weighted by Gasteiger charge is -2.05. The molecular formula is C14H15N7O3S. The van der Waals surface area contributed by atoms with E-state index in [-0.39, 0.29) is 11.9 Å². The lowest BCUT2D eigenvalue weighted by atomic mass is 10.2. The highest BCUT2D eigenvalue weighted by molar-refractivity contribution is 7.98. The minimum absolute atomic E-state index is 0.0674. The number of nitrogens with two attached hydrogens (primary N) is 2. The van der Waals surface area contributed by atoms with Gasteiger partial charge in [-0.1, -0.05) is 11.8 Å². The van der Waals surface area contributed by atoms with Crippen LogP contribution in [-0.4, -0.2) is 39.4 Å². The van der Waals surface area contributed by atoms with E-state index < -0.39 is 0 Å². The third-order valence-corrected chi connectivity index (χ3v) is 3.86. The Morgan fingerprint density at radius 3 is 2.20 bits per heavy atom. The molecule has 0 atom stereocenters. The summed E-state index contributed by atoms with van der Waals surface area (Å²) in [5.41, 5.74) is 11.8. The average molecular weight is 361 g/mol. The quantitative estimate of drug-likeness (QED) is 0.613. The molecule has 3 rings (SSSR count). The molecule has 1 aromatic carbocycles. The molecule has 0 saturated heterocycles. The molecule has 2 aromatic heterocycles. The van der Waals surface area contributed by atoms with Crippen molar-refractivity contribution < 1.29 is 13.9 Å². The Bertz CT molecular complexity index is 844. The number of rotatable bonds is 6. The first-order valence-electron chi connectivity index (χ1n) is 7.03. The van der Waals surface area contributed by atoms with Crippen molar-refractivity contribution in [1.82, 2.24) is 25.1 Å². The third-order valence-electron chi connectivity index (χ3n) is 3.05. The first kappa shape index (κ1) is 16.8. The molecule has 2 heterocycles. The molecule has 10 nitrogen and oxygen atoms in total. The number of thioether (sulfide) groups is 1. The number of benzene rings is 1. The van der Waals surface area contributed by atoms with Crippen molar-refractivity contribution in [1.29, 1.82) is 0 Å². The van der Waals surface area contributed by atoms with Gasteiger partial charge in [0, 0.05) is 11.6 Å². The molecule has 11 heteroatoms. The van der Waals surface area contributed by atoms with Gasteiger partial charge in [-0.25, -0.2) is 0 Å². The molecule has 0 spiro atoms. The van der Waals surface area contributed by atoms with Gasteiger partial charge in [0.25, 0.3) is 5.22 Å². The van der Waals surface area contributed by atoms with E-state index in [1.807, 2.05) is 0 Å². The highest BCUT2D eigenvalue weighted by Crippen LogP contribution is 2.31. The Balaban J connectivity index is 1.76. The van der Waals surface area contributed by atoms with E-state index in [1.54, 1.807) is 32.4 Å². The van der Waals surface area contributed by atoms with Gasteiger partial charge in [-0.2, -0.15) is 15.0 Å². The largest absolute Gasteiger partial charge is 0.497 e. The molecule has 0 saturated carbocycles. The fourth-order valence-electron chi connectivity index (χ4n) is 1.96. The van der Waals surface area contributed by atoms with Crippen molar-refractivity contribution in [3.63, 3.8) is 0 Å². The second-order valence-electron chi connectivity index (χ2n) is 4.73. The summed E-state index contributed by atoms with van der Waals surface area (Å²) in [7, 11) is 3.14. The fourth-order valence-corrected chi connectivity index (χ4v) is 2.58. The van der Waals surface area contributed by atoms with Crippen LogP contribution in [0.2, 0.25) is 0 Å². The zero-order valence-electron chi connectivity index (χ0n) is 13.5. The predicted molar refractivity (Wildman–Crippen MR) is 91.1 cm³/mol. The first-order valence-corrected chi connectivity index (χ1v) is 8.01. The smallest absolute Gasteiger partial charge is 0.277 e. The van der Waals surface area contributed by atoms with Gasteiger partial charge < -0.3 is 25.4 Å². The van der Waals surface area contributed by atoms with Gasteiger partial charge in [-0.05, 0) is 12.1 Å². The van der Waals surface area contributed by atoms with E-state index in [9.17, 15) is 0 Å². The fraction of sp³-hybridized carbons (Fsp3) is 0.214. The first-order chi connectivity index (χ1) is 12.1. The van der Waals surface area contributed by atoms with Gasteiger partial charge >= 0.3 is 0 Å². The van der Waals surface area contributed by atoms with E-state index in [4.69, 9.17) is 25.4 Å². The molecule has 0 aliphatic heterocycles. The predicted octanol–water partition coefficient (Wildman–Crippen LogP) is 1.40. The molecule has 0 radical (unpaired) electrons. The van der Waals surface area contributed by atoms with Gasteiger partial charge in [0.15, 0.2) is 0 Å². The van der Waals surface area contributed by atoms with Crippen molar-refractivity contribution >= 4 is 23.7 Å². The molecule has 130 valence electrons. The SMILES string of the molecule is COc1cc(OC)cc(-c2nnc(SCc3nc(N)nc(N)n3)o2)c1. The molecule has 0 amide bonds. The average Bonchev–Trinajstić information content (AvgIpc) is 3.07. The Morgan fingerprint density at radius 2 is 1.60 bits per heavy atom. The van der Waals surface area contributed by atoms with Crippen molar-refractivity contribution in [2.45, 2.75) is 11.0 Å². The summed E-state index contributed by atoms with van der Waals surface area (Å²) in [6.07, 6.45) is 0. The van der Waals surface area contributed by atoms with E-state index in [0.717, 1.165) is 0 Å². The number of hydrogen-bond donors (Lipinski definition) is 2. The van der Waals surface area contributed by atoms with Crippen molar-refractivity contribution in [2.75, 3.05) is 25.7 Å². The normalized spacial score (nSPS) is 10.6. The van der Waals surface area contributed by atoms with E-state index in [0.29, 0.717) is 39.8 Å². The minimum atomic E-state index is 0.0674. The Kier molecular flexibility index (Phi) is 4.84.